The maximum absolute atomic E-state index is 12.8. The third-order valence-corrected chi connectivity index (χ3v) is 3.06. The van der Waals surface area contributed by atoms with Crippen LogP contribution in [0.15, 0.2) is 52.6 Å². The molecule has 1 aliphatic rings. The summed E-state index contributed by atoms with van der Waals surface area (Å²) in [6.45, 7) is -0.280. The average Bonchev–Trinajstić information content (AvgIpc) is 2.63. The smallest absolute Gasteiger partial charge is 0.322 e. The van der Waals surface area contributed by atoms with E-state index in [2.05, 4.69) is 10.3 Å². The molecule has 1 aromatic rings. The van der Waals surface area contributed by atoms with Gasteiger partial charge in [0.1, 0.15) is 11.0 Å². The zero-order valence-electron chi connectivity index (χ0n) is 10.9. The van der Waals surface area contributed by atoms with Gasteiger partial charge in [-0.3, -0.25) is 9.79 Å². The average molecular weight is 333 g/mol. The van der Waals surface area contributed by atoms with Crippen molar-refractivity contribution < 1.29 is 22.4 Å². The summed E-state index contributed by atoms with van der Waals surface area (Å²) in [5.41, 5.74) is -1.19. The van der Waals surface area contributed by atoms with Gasteiger partial charge in [0.15, 0.2) is 0 Å². The van der Waals surface area contributed by atoms with Gasteiger partial charge in [0.2, 0.25) is 0 Å². The van der Waals surface area contributed by atoms with E-state index >= 15 is 0 Å². The zero-order chi connectivity index (χ0) is 16.3. The molecule has 1 N–H and O–H groups in total. The first-order chi connectivity index (χ1) is 10.3. The maximum atomic E-state index is 12.8. The van der Waals surface area contributed by atoms with Crippen molar-refractivity contribution >= 4 is 28.4 Å². The molecule has 116 valence electrons. The summed E-state index contributed by atoms with van der Waals surface area (Å²) in [4.78, 5) is 15.7. The van der Waals surface area contributed by atoms with Crippen molar-refractivity contribution in [3.8, 4) is 0 Å². The number of carbonyl (C=O) groups excluding carboxylic acids is 1. The minimum Gasteiger partial charge on any atom is -0.322 e. The topological polar surface area (TPSA) is 41.5 Å². The molecular weight excluding hydrogens is 324 g/mol. The third kappa shape index (κ3) is 3.94. The minimum atomic E-state index is -4.61. The van der Waals surface area contributed by atoms with Crippen molar-refractivity contribution in [2.75, 3.05) is 11.9 Å². The van der Waals surface area contributed by atoms with E-state index in [0.717, 1.165) is 18.2 Å². The Hall–Kier alpha value is -2.15. The minimum absolute atomic E-state index is 0.221. The molecule has 1 heterocycles. The van der Waals surface area contributed by atoms with Gasteiger partial charge in [-0.1, -0.05) is 17.7 Å². The molecular formula is C14H9ClF4N2O. The first-order valence-electron chi connectivity index (χ1n) is 6.03. The van der Waals surface area contributed by atoms with Crippen molar-refractivity contribution in [2.45, 2.75) is 6.18 Å². The van der Waals surface area contributed by atoms with Crippen molar-refractivity contribution in [3.05, 3.63) is 53.4 Å². The van der Waals surface area contributed by atoms with E-state index < -0.39 is 29.0 Å². The lowest BCUT2D eigenvalue weighted by atomic mass is 10.1. The Morgan fingerprint density at radius 2 is 1.86 bits per heavy atom. The fraction of sp³-hybridized carbons (Fsp3) is 0.143. The number of rotatable bonds is 2. The second-order valence-electron chi connectivity index (χ2n) is 4.31. The predicted molar refractivity (Wildman–Crippen MR) is 75.4 cm³/mol. The molecule has 0 spiro atoms. The molecule has 0 unspecified atom stereocenters. The number of nitrogens with one attached hydrogen (secondary N) is 1. The standard InChI is InChI=1S/C14H9ClF4N2O/c15-12-11(7-8(5-6-20-12)14(17,18)19)13(22)21-10-3-1-9(16)2-4-10/h1-5,7H,6H2,(H,21,22). The van der Waals surface area contributed by atoms with E-state index in [9.17, 15) is 22.4 Å². The van der Waals surface area contributed by atoms with Crippen molar-refractivity contribution in [2.24, 2.45) is 4.99 Å². The number of halogens is 5. The Morgan fingerprint density at radius 1 is 1.23 bits per heavy atom. The molecule has 0 radical (unpaired) electrons. The number of benzene rings is 1. The lowest BCUT2D eigenvalue weighted by molar-refractivity contribution is -0.112. The molecule has 0 bridgehead atoms. The number of alkyl halides is 3. The van der Waals surface area contributed by atoms with Gasteiger partial charge in [0.25, 0.3) is 5.91 Å². The van der Waals surface area contributed by atoms with Crippen LogP contribution in [0.3, 0.4) is 0 Å². The number of allylic oxidation sites excluding steroid dienone is 2. The van der Waals surface area contributed by atoms with Crippen LogP contribution in [0.2, 0.25) is 0 Å². The van der Waals surface area contributed by atoms with Crippen LogP contribution in [0.1, 0.15) is 0 Å². The largest absolute Gasteiger partial charge is 0.416 e. The third-order valence-electron chi connectivity index (χ3n) is 2.74. The van der Waals surface area contributed by atoms with Crippen LogP contribution >= 0.6 is 11.6 Å². The van der Waals surface area contributed by atoms with Gasteiger partial charge in [-0.05, 0) is 30.3 Å². The van der Waals surface area contributed by atoms with Gasteiger partial charge in [-0.2, -0.15) is 13.2 Å². The van der Waals surface area contributed by atoms with Gasteiger partial charge >= 0.3 is 6.18 Å². The lowest BCUT2D eigenvalue weighted by Gasteiger charge is -2.09. The van der Waals surface area contributed by atoms with E-state index in [4.69, 9.17) is 11.6 Å². The second-order valence-corrected chi connectivity index (χ2v) is 4.67. The predicted octanol–water partition coefficient (Wildman–Crippen LogP) is 3.83. The summed E-state index contributed by atoms with van der Waals surface area (Å²) in [5, 5.41) is 2.01. The summed E-state index contributed by atoms with van der Waals surface area (Å²) < 4.78 is 51.1. The van der Waals surface area contributed by atoms with E-state index in [1.54, 1.807) is 0 Å². The molecule has 22 heavy (non-hydrogen) atoms. The van der Waals surface area contributed by atoms with Crippen molar-refractivity contribution in [1.82, 2.24) is 0 Å². The summed E-state index contributed by atoms with van der Waals surface area (Å²) >= 11 is 5.75. The lowest BCUT2D eigenvalue weighted by Crippen LogP contribution is -2.19. The molecule has 0 fully saturated rings. The molecule has 1 aliphatic heterocycles. The zero-order valence-corrected chi connectivity index (χ0v) is 11.7. The maximum Gasteiger partial charge on any atom is 0.416 e. The first-order valence-corrected chi connectivity index (χ1v) is 6.41. The highest BCUT2D eigenvalue weighted by Crippen LogP contribution is 2.29. The SMILES string of the molecule is O=C(Nc1ccc(F)cc1)C1=CC(C(F)(F)F)=CCN=C1Cl. The summed E-state index contributed by atoms with van der Waals surface area (Å²) in [5.74, 6) is -1.37. The van der Waals surface area contributed by atoms with Crippen molar-refractivity contribution in [1.29, 1.82) is 0 Å². The number of carbonyl (C=O) groups is 1. The molecule has 0 saturated carbocycles. The Kier molecular flexibility index (Phi) is 4.65. The van der Waals surface area contributed by atoms with E-state index in [-0.39, 0.29) is 17.4 Å². The normalized spacial score (nSPS) is 15.4. The highest BCUT2D eigenvalue weighted by atomic mass is 35.5. The number of hydrogen-bond donors (Lipinski definition) is 1. The first kappa shape index (κ1) is 16.2. The van der Waals surface area contributed by atoms with E-state index in [1.807, 2.05) is 0 Å². The van der Waals surface area contributed by atoms with Crippen LogP contribution in [-0.4, -0.2) is 23.8 Å². The van der Waals surface area contributed by atoms with Gasteiger partial charge in [0, 0.05) is 5.69 Å². The molecule has 1 aromatic carbocycles. The van der Waals surface area contributed by atoms with E-state index in [0.29, 0.717) is 6.08 Å². The number of hydrogen-bond acceptors (Lipinski definition) is 2. The molecule has 2 rings (SSSR count). The molecule has 1 amide bonds. The van der Waals surface area contributed by atoms with Crippen LogP contribution in [0.25, 0.3) is 0 Å². The number of amides is 1. The molecule has 0 aliphatic carbocycles. The van der Waals surface area contributed by atoms with Crippen LogP contribution in [0, 0.1) is 5.82 Å². The molecule has 0 aromatic heterocycles. The van der Waals surface area contributed by atoms with Crippen LogP contribution in [0.4, 0.5) is 23.2 Å². The van der Waals surface area contributed by atoms with Gasteiger partial charge in [-0.15, -0.1) is 0 Å². The monoisotopic (exact) mass is 332 g/mol. The quantitative estimate of drug-likeness (QED) is 0.822. The number of aliphatic imine (C=N–C) groups is 1. The molecule has 3 nitrogen and oxygen atoms in total. The Labute approximate surface area is 128 Å². The fourth-order valence-electron chi connectivity index (χ4n) is 1.67. The highest BCUT2D eigenvalue weighted by Gasteiger charge is 2.34. The summed E-state index contributed by atoms with van der Waals surface area (Å²) in [6, 6.07) is 4.76. The van der Waals surface area contributed by atoms with Crippen LogP contribution in [0.5, 0.6) is 0 Å². The number of nitrogens with zero attached hydrogens (tertiary/aromatic N) is 1. The fourth-order valence-corrected chi connectivity index (χ4v) is 1.88. The highest BCUT2D eigenvalue weighted by molar-refractivity contribution is 6.72. The summed E-state index contributed by atoms with van der Waals surface area (Å²) in [6.07, 6.45) is -3.14. The van der Waals surface area contributed by atoms with Crippen molar-refractivity contribution in [3.63, 3.8) is 0 Å². The van der Waals surface area contributed by atoms with Gasteiger partial charge in [0.05, 0.1) is 17.7 Å². The Balaban J connectivity index is 2.27. The number of anilines is 1. The van der Waals surface area contributed by atoms with Crippen LogP contribution < -0.4 is 5.32 Å². The summed E-state index contributed by atoms with van der Waals surface area (Å²) in [7, 11) is 0. The molecule has 8 heteroatoms. The van der Waals surface area contributed by atoms with Gasteiger partial charge in [-0.25, -0.2) is 4.39 Å². The molecule has 0 saturated heterocycles. The van der Waals surface area contributed by atoms with Crippen LogP contribution in [-0.2, 0) is 4.79 Å². The van der Waals surface area contributed by atoms with E-state index in [1.165, 1.54) is 12.1 Å². The molecule has 0 atom stereocenters. The Morgan fingerprint density at radius 3 is 2.45 bits per heavy atom. The Bertz CT molecular complexity index is 675. The second kappa shape index (κ2) is 6.31. The van der Waals surface area contributed by atoms with Gasteiger partial charge < -0.3 is 5.32 Å².